The van der Waals surface area contributed by atoms with E-state index in [1.807, 2.05) is 48.5 Å². The fraction of sp³-hybridized carbons (Fsp3) is 0.0625. The first kappa shape index (κ1) is 28.9. The van der Waals surface area contributed by atoms with Gasteiger partial charge in [-0.3, -0.25) is 0 Å². The summed E-state index contributed by atoms with van der Waals surface area (Å²) >= 11 is 2.72. The molecule has 226 valence electrons. The monoisotopic (exact) mass is 651 g/mol. The third kappa shape index (κ3) is 5.71. The number of para-hydroxylation sites is 2. The summed E-state index contributed by atoms with van der Waals surface area (Å²) in [6.07, 6.45) is -9.17. The standard InChI is InChI=1S/C32H19F6N5S2/c33-31(34,35)17-7-5-9-19(15-17)39-25-26(40-20-10-6-8-18(16-20)32(36,37)38)28(30-42-22-12-2-4-14-24(22)45-30)43-27(25)29-41-21-11-1-3-13-23(21)44-29/h1-16,39-40,43H. The van der Waals surface area contributed by atoms with E-state index in [2.05, 4.69) is 15.6 Å². The summed E-state index contributed by atoms with van der Waals surface area (Å²) in [6, 6.07) is 24.3. The second-order valence-electron chi connectivity index (χ2n) is 10.0. The van der Waals surface area contributed by atoms with E-state index in [-0.39, 0.29) is 11.4 Å². The third-order valence-corrected chi connectivity index (χ3v) is 9.04. The average Bonchev–Trinajstić information content (AvgIpc) is 3.72. The number of hydrogen-bond acceptors (Lipinski definition) is 6. The van der Waals surface area contributed by atoms with Gasteiger partial charge in [0.15, 0.2) is 0 Å². The van der Waals surface area contributed by atoms with Crippen LogP contribution >= 0.6 is 22.7 Å². The smallest absolute Gasteiger partial charge is 0.352 e. The van der Waals surface area contributed by atoms with Crippen LogP contribution in [0.15, 0.2) is 97.1 Å². The minimum atomic E-state index is -4.59. The molecule has 0 aliphatic heterocycles. The van der Waals surface area contributed by atoms with Crippen LogP contribution < -0.4 is 10.6 Å². The maximum Gasteiger partial charge on any atom is 0.416 e. The van der Waals surface area contributed by atoms with Crippen molar-refractivity contribution in [3.05, 3.63) is 108 Å². The van der Waals surface area contributed by atoms with Crippen molar-refractivity contribution < 1.29 is 26.3 Å². The van der Waals surface area contributed by atoms with Crippen LogP contribution in [0.4, 0.5) is 49.1 Å². The van der Waals surface area contributed by atoms with Gasteiger partial charge in [-0.25, -0.2) is 9.97 Å². The lowest BCUT2D eigenvalue weighted by molar-refractivity contribution is -0.138. The van der Waals surface area contributed by atoms with Gasteiger partial charge in [0.2, 0.25) is 0 Å². The Hall–Kier alpha value is -4.88. The van der Waals surface area contributed by atoms with Crippen molar-refractivity contribution in [1.29, 1.82) is 0 Å². The fourth-order valence-corrected chi connectivity index (χ4v) is 6.81. The van der Waals surface area contributed by atoms with E-state index < -0.39 is 23.5 Å². The molecule has 3 aromatic heterocycles. The van der Waals surface area contributed by atoms with E-state index in [1.54, 1.807) is 0 Å². The molecule has 0 aliphatic rings. The van der Waals surface area contributed by atoms with E-state index in [4.69, 9.17) is 9.97 Å². The van der Waals surface area contributed by atoms with Crippen LogP contribution in [-0.2, 0) is 12.4 Å². The highest BCUT2D eigenvalue weighted by molar-refractivity contribution is 7.22. The van der Waals surface area contributed by atoms with E-state index in [0.29, 0.717) is 43.8 Å². The van der Waals surface area contributed by atoms with Gasteiger partial charge >= 0.3 is 12.4 Å². The molecule has 0 amide bonds. The van der Waals surface area contributed by atoms with Crippen LogP contribution in [-0.4, -0.2) is 15.0 Å². The van der Waals surface area contributed by atoms with Gasteiger partial charge in [0.05, 0.1) is 42.9 Å². The zero-order valence-electron chi connectivity index (χ0n) is 22.7. The average molecular weight is 652 g/mol. The number of halogens is 6. The highest BCUT2D eigenvalue weighted by atomic mass is 32.1. The summed E-state index contributed by atoms with van der Waals surface area (Å²) in [5, 5.41) is 7.26. The molecule has 4 aromatic carbocycles. The molecule has 5 nitrogen and oxygen atoms in total. The quantitative estimate of drug-likeness (QED) is 0.157. The number of aromatic amines is 1. The first-order chi connectivity index (χ1) is 21.5. The Balaban J connectivity index is 1.47. The molecular weight excluding hydrogens is 633 g/mol. The van der Waals surface area contributed by atoms with Crippen molar-refractivity contribution in [2.24, 2.45) is 0 Å². The number of nitrogens with one attached hydrogen (secondary N) is 3. The first-order valence-electron chi connectivity index (χ1n) is 13.4. The van der Waals surface area contributed by atoms with Gasteiger partial charge in [0.1, 0.15) is 21.4 Å². The number of alkyl halides is 6. The number of aromatic nitrogens is 3. The number of rotatable bonds is 6. The zero-order chi connectivity index (χ0) is 31.3. The Labute approximate surface area is 259 Å². The van der Waals surface area contributed by atoms with Crippen molar-refractivity contribution in [2.75, 3.05) is 10.6 Å². The van der Waals surface area contributed by atoms with Crippen LogP contribution in [0.25, 0.3) is 41.8 Å². The molecule has 0 aliphatic carbocycles. The third-order valence-electron chi connectivity index (χ3n) is 6.93. The molecule has 7 aromatic rings. The van der Waals surface area contributed by atoms with Crippen molar-refractivity contribution in [3.63, 3.8) is 0 Å². The van der Waals surface area contributed by atoms with Crippen LogP contribution in [0.5, 0.6) is 0 Å². The molecule has 0 spiro atoms. The number of anilines is 4. The SMILES string of the molecule is FC(F)(F)c1cccc(Nc2c(-c3nc4ccccc4s3)[nH]c(-c3nc4ccccc4s3)c2Nc2cccc(C(F)(F)F)c2)c1. The van der Waals surface area contributed by atoms with E-state index in [0.717, 1.165) is 33.7 Å². The maximum absolute atomic E-state index is 13.6. The zero-order valence-corrected chi connectivity index (χ0v) is 24.3. The molecule has 0 saturated heterocycles. The topological polar surface area (TPSA) is 65.6 Å². The molecule has 0 unspecified atom stereocenters. The van der Waals surface area contributed by atoms with Crippen LogP contribution in [0.1, 0.15) is 11.1 Å². The molecule has 45 heavy (non-hydrogen) atoms. The Kier molecular flexibility index (Phi) is 7.01. The van der Waals surface area contributed by atoms with Crippen LogP contribution in [0.2, 0.25) is 0 Å². The van der Waals surface area contributed by atoms with E-state index in [1.165, 1.54) is 46.9 Å². The number of hydrogen-bond donors (Lipinski definition) is 3. The van der Waals surface area contributed by atoms with E-state index >= 15 is 0 Å². The van der Waals surface area contributed by atoms with Crippen molar-refractivity contribution in [3.8, 4) is 21.4 Å². The minimum absolute atomic E-state index is 0.120. The Morgan fingerprint density at radius 1 is 0.533 bits per heavy atom. The molecule has 0 bridgehead atoms. The lowest BCUT2D eigenvalue weighted by Gasteiger charge is -2.15. The number of nitrogens with zero attached hydrogens (tertiary/aromatic N) is 2. The fourth-order valence-electron chi connectivity index (χ4n) is 4.86. The molecule has 3 heterocycles. The second kappa shape index (κ2) is 10.9. The number of benzene rings is 4. The molecule has 0 fully saturated rings. The van der Waals surface area contributed by atoms with E-state index in [9.17, 15) is 26.3 Å². The summed E-state index contributed by atoms with van der Waals surface area (Å²) in [5.74, 6) is 0. The van der Waals surface area contributed by atoms with Gasteiger partial charge < -0.3 is 15.6 Å². The lowest BCUT2D eigenvalue weighted by Crippen LogP contribution is -2.06. The predicted octanol–water partition coefficient (Wildman–Crippen LogP) is 11.1. The molecule has 0 saturated carbocycles. The van der Waals surface area contributed by atoms with Crippen LogP contribution in [0, 0.1) is 0 Å². The van der Waals surface area contributed by atoms with Crippen molar-refractivity contribution in [1.82, 2.24) is 15.0 Å². The largest absolute Gasteiger partial charge is 0.416 e. The summed E-state index contributed by atoms with van der Waals surface area (Å²) < 4.78 is 83.6. The molecule has 7 rings (SSSR count). The normalized spacial score (nSPS) is 12.2. The molecule has 3 N–H and O–H groups in total. The van der Waals surface area contributed by atoms with Gasteiger partial charge in [-0.1, -0.05) is 36.4 Å². The first-order valence-corrected chi connectivity index (χ1v) is 15.0. The maximum atomic E-state index is 13.6. The molecular formula is C32H19F6N5S2. The highest BCUT2D eigenvalue weighted by Crippen LogP contribution is 2.48. The summed E-state index contributed by atoms with van der Waals surface area (Å²) in [5.41, 5.74) is 1.39. The van der Waals surface area contributed by atoms with Gasteiger partial charge in [0.25, 0.3) is 0 Å². The molecule has 13 heteroatoms. The van der Waals surface area contributed by atoms with Gasteiger partial charge in [-0.05, 0) is 60.7 Å². The van der Waals surface area contributed by atoms with Gasteiger partial charge in [-0.2, -0.15) is 26.3 Å². The Morgan fingerprint density at radius 3 is 1.36 bits per heavy atom. The minimum Gasteiger partial charge on any atom is -0.352 e. The summed E-state index contributed by atoms with van der Waals surface area (Å²) in [4.78, 5) is 12.9. The Bertz CT molecular complexity index is 1960. The lowest BCUT2D eigenvalue weighted by atomic mass is 10.1. The highest BCUT2D eigenvalue weighted by Gasteiger charge is 2.32. The number of H-pyrrole nitrogens is 1. The van der Waals surface area contributed by atoms with Gasteiger partial charge in [0, 0.05) is 11.4 Å². The van der Waals surface area contributed by atoms with Crippen molar-refractivity contribution in [2.45, 2.75) is 12.4 Å². The van der Waals surface area contributed by atoms with Crippen LogP contribution in [0.3, 0.4) is 0 Å². The predicted molar refractivity (Wildman–Crippen MR) is 167 cm³/mol. The number of fused-ring (bicyclic) bond motifs is 2. The summed E-state index contributed by atoms with van der Waals surface area (Å²) in [7, 11) is 0. The molecule has 0 atom stereocenters. The van der Waals surface area contributed by atoms with Gasteiger partial charge in [-0.15, -0.1) is 22.7 Å². The Morgan fingerprint density at radius 2 is 0.956 bits per heavy atom. The second-order valence-corrected chi connectivity index (χ2v) is 12.1. The molecule has 0 radical (unpaired) electrons. The summed E-state index contributed by atoms with van der Waals surface area (Å²) in [6.45, 7) is 0. The number of thiazole rings is 2. The van der Waals surface area contributed by atoms with Crippen molar-refractivity contribution >= 4 is 65.9 Å².